The van der Waals surface area contributed by atoms with Crippen LogP contribution in [0, 0.1) is 5.82 Å². The molecule has 208 valence electrons. The van der Waals surface area contributed by atoms with Crippen molar-refractivity contribution in [2.24, 2.45) is 0 Å². The van der Waals surface area contributed by atoms with Crippen molar-refractivity contribution in [1.82, 2.24) is 19.7 Å². The SMILES string of the molecule is O=C(CCCCSc1nnc(Cc2ccccc2)n1-c1ccc(Cl)c(Cl)c1)N1CCN(c2ccccc2F)CC1. The van der Waals surface area contributed by atoms with Gasteiger partial charge < -0.3 is 9.80 Å². The Morgan fingerprint density at radius 1 is 0.875 bits per heavy atom. The summed E-state index contributed by atoms with van der Waals surface area (Å²) in [6.45, 7) is 2.49. The molecule has 0 radical (unpaired) electrons. The summed E-state index contributed by atoms with van der Waals surface area (Å²) in [6, 6.07) is 22.5. The van der Waals surface area contributed by atoms with Crippen molar-refractivity contribution in [3.63, 3.8) is 0 Å². The van der Waals surface area contributed by atoms with E-state index in [0.29, 0.717) is 54.8 Å². The largest absolute Gasteiger partial charge is 0.366 e. The number of halogens is 3. The molecule has 5 rings (SSSR count). The summed E-state index contributed by atoms with van der Waals surface area (Å²) in [5.41, 5.74) is 2.60. The summed E-state index contributed by atoms with van der Waals surface area (Å²) >= 11 is 14.1. The Labute approximate surface area is 248 Å². The highest BCUT2D eigenvalue weighted by molar-refractivity contribution is 7.99. The number of para-hydroxylation sites is 1. The highest BCUT2D eigenvalue weighted by atomic mass is 35.5. The number of hydrogen-bond acceptors (Lipinski definition) is 5. The maximum Gasteiger partial charge on any atom is 0.222 e. The predicted molar refractivity (Wildman–Crippen MR) is 160 cm³/mol. The minimum atomic E-state index is -0.220. The summed E-state index contributed by atoms with van der Waals surface area (Å²) in [4.78, 5) is 16.7. The normalized spacial score (nSPS) is 13.6. The number of unbranched alkanes of at least 4 members (excludes halogenated alkanes) is 1. The lowest BCUT2D eigenvalue weighted by molar-refractivity contribution is -0.131. The number of anilines is 1. The average Bonchev–Trinajstić information content (AvgIpc) is 3.37. The molecule has 0 atom stereocenters. The number of carbonyl (C=O) groups is 1. The first-order valence-corrected chi connectivity index (χ1v) is 15.1. The van der Waals surface area contributed by atoms with Crippen LogP contribution in [0.1, 0.15) is 30.7 Å². The third-order valence-electron chi connectivity index (χ3n) is 6.91. The minimum Gasteiger partial charge on any atom is -0.366 e. The highest BCUT2D eigenvalue weighted by Gasteiger charge is 2.22. The molecule has 3 aromatic carbocycles. The summed E-state index contributed by atoms with van der Waals surface area (Å²) in [6.07, 6.45) is 2.79. The van der Waals surface area contributed by atoms with Crippen molar-refractivity contribution < 1.29 is 9.18 Å². The van der Waals surface area contributed by atoms with Gasteiger partial charge in [-0.3, -0.25) is 9.36 Å². The summed E-state index contributed by atoms with van der Waals surface area (Å²) < 4.78 is 16.1. The zero-order valence-corrected chi connectivity index (χ0v) is 24.3. The number of rotatable bonds is 10. The van der Waals surface area contributed by atoms with Crippen molar-refractivity contribution in [2.45, 2.75) is 30.8 Å². The average molecular weight is 599 g/mol. The summed E-state index contributed by atoms with van der Waals surface area (Å²) in [7, 11) is 0. The van der Waals surface area contributed by atoms with Crippen LogP contribution in [-0.4, -0.2) is 57.5 Å². The minimum absolute atomic E-state index is 0.155. The summed E-state index contributed by atoms with van der Waals surface area (Å²) in [5.74, 6) is 1.56. The van der Waals surface area contributed by atoms with Gasteiger partial charge in [0.25, 0.3) is 0 Å². The first-order chi connectivity index (χ1) is 19.5. The molecule has 1 amide bonds. The molecule has 1 aliphatic heterocycles. The van der Waals surface area contributed by atoms with Crippen molar-refractivity contribution in [3.05, 3.63) is 100 Å². The number of piperazine rings is 1. The Morgan fingerprint density at radius 3 is 2.38 bits per heavy atom. The molecule has 1 aromatic heterocycles. The van der Waals surface area contributed by atoms with Gasteiger partial charge >= 0.3 is 0 Å². The van der Waals surface area contributed by atoms with E-state index in [0.717, 1.165) is 40.8 Å². The van der Waals surface area contributed by atoms with E-state index < -0.39 is 0 Å². The molecule has 4 aromatic rings. The molecular weight excluding hydrogens is 568 g/mol. The number of thioether (sulfide) groups is 1. The molecule has 1 saturated heterocycles. The van der Waals surface area contributed by atoms with Crippen LogP contribution in [0.2, 0.25) is 10.0 Å². The van der Waals surface area contributed by atoms with Crippen LogP contribution in [-0.2, 0) is 11.2 Å². The van der Waals surface area contributed by atoms with Crippen molar-refractivity contribution in [2.75, 3.05) is 36.8 Å². The van der Waals surface area contributed by atoms with Gasteiger partial charge in [-0.2, -0.15) is 0 Å². The smallest absolute Gasteiger partial charge is 0.222 e. The van der Waals surface area contributed by atoms with Gasteiger partial charge in [0.2, 0.25) is 5.91 Å². The lowest BCUT2D eigenvalue weighted by atomic mass is 10.1. The van der Waals surface area contributed by atoms with E-state index in [1.807, 2.05) is 50.8 Å². The van der Waals surface area contributed by atoms with E-state index in [4.69, 9.17) is 23.2 Å². The third kappa shape index (κ3) is 6.97. The fourth-order valence-electron chi connectivity index (χ4n) is 4.77. The van der Waals surface area contributed by atoms with Crippen LogP contribution in [0.4, 0.5) is 10.1 Å². The van der Waals surface area contributed by atoms with E-state index in [1.54, 1.807) is 30.0 Å². The fourth-order valence-corrected chi connectivity index (χ4v) is 6.04. The van der Waals surface area contributed by atoms with Crippen molar-refractivity contribution in [1.29, 1.82) is 0 Å². The Bertz CT molecular complexity index is 1440. The molecule has 2 heterocycles. The third-order valence-corrected chi connectivity index (χ3v) is 8.66. The quantitative estimate of drug-likeness (QED) is 0.147. The molecule has 10 heteroatoms. The van der Waals surface area contributed by atoms with E-state index in [1.165, 1.54) is 6.07 Å². The van der Waals surface area contributed by atoms with Crippen LogP contribution in [0.15, 0.2) is 78.0 Å². The van der Waals surface area contributed by atoms with Crippen LogP contribution in [0.5, 0.6) is 0 Å². The highest BCUT2D eigenvalue weighted by Crippen LogP contribution is 2.29. The Kier molecular flexibility index (Phi) is 9.62. The summed E-state index contributed by atoms with van der Waals surface area (Å²) in [5, 5.41) is 10.7. The second-order valence-corrected chi connectivity index (χ2v) is 11.5. The Morgan fingerprint density at radius 2 is 1.62 bits per heavy atom. The van der Waals surface area contributed by atoms with Crippen molar-refractivity contribution >= 4 is 46.6 Å². The predicted octanol–water partition coefficient (Wildman–Crippen LogP) is 6.92. The molecule has 0 aliphatic carbocycles. The first kappa shape index (κ1) is 28.5. The van der Waals surface area contributed by atoms with Gasteiger partial charge in [-0.1, -0.05) is 77.4 Å². The van der Waals surface area contributed by atoms with E-state index >= 15 is 0 Å². The maximum absolute atomic E-state index is 14.1. The van der Waals surface area contributed by atoms with Gasteiger partial charge in [0.05, 0.1) is 21.4 Å². The number of benzene rings is 3. The van der Waals surface area contributed by atoms with Crippen LogP contribution < -0.4 is 4.90 Å². The van der Waals surface area contributed by atoms with Gasteiger partial charge in [0.1, 0.15) is 11.6 Å². The van der Waals surface area contributed by atoms with Crippen molar-refractivity contribution in [3.8, 4) is 5.69 Å². The molecular formula is C30H30Cl2FN5OS. The molecule has 1 fully saturated rings. The Balaban J connectivity index is 1.14. The number of hydrogen-bond donors (Lipinski definition) is 0. The molecule has 40 heavy (non-hydrogen) atoms. The zero-order chi connectivity index (χ0) is 27.9. The number of carbonyl (C=O) groups excluding carboxylic acids is 1. The van der Waals surface area contributed by atoms with E-state index in [9.17, 15) is 9.18 Å². The lowest BCUT2D eigenvalue weighted by Crippen LogP contribution is -2.49. The maximum atomic E-state index is 14.1. The molecule has 0 bridgehead atoms. The second kappa shape index (κ2) is 13.5. The van der Waals surface area contributed by atoms with E-state index in [-0.39, 0.29) is 11.7 Å². The second-order valence-electron chi connectivity index (χ2n) is 9.62. The van der Waals surface area contributed by atoms with Crippen LogP contribution >= 0.6 is 35.0 Å². The molecule has 6 nitrogen and oxygen atoms in total. The number of amides is 1. The van der Waals surface area contributed by atoms with Crippen LogP contribution in [0.3, 0.4) is 0 Å². The molecule has 0 spiro atoms. The lowest BCUT2D eigenvalue weighted by Gasteiger charge is -2.36. The zero-order valence-electron chi connectivity index (χ0n) is 22.0. The number of aromatic nitrogens is 3. The van der Waals surface area contributed by atoms with Crippen LogP contribution in [0.25, 0.3) is 5.69 Å². The van der Waals surface area contributed by atoms with Gasteiger partial charge in [-0.15, -0.1) is 10.2 Å². The van der Waals surface area contributed by atoms with Gasteiger partial charge in [-0.05, 0) is 48.7 Å². The molecule has 0 unspecified atom stereocenters. The molecule has 0 saturated carbocycles. The standard InChI is InChI=1S/C30H30Cl2FN5OS/c31-24-14-13-23(21-25(24)32)38-28(20-22-8-2-1-3-9-22)34-35-30(38)40-19-7-6-12-29(39)37-17-15-36(16-18-37)27-11-5-4-10-26(27)33/h1-5,8-11,13-14,21H,6-7,12,15-20H2. The molecule has 1 aliphatic rings. The fraction of sp³-hybridized carbons (Fsp3) is 0.300. The van der Waals surface area contributed by atoms with E-state index in [2.05, 4.69) is 22.3 Å². The first-order valence-electron chi connectivity index (χ1n) is 13.3. The van der Waals surface area contributed by atoms with Gasteiger partial charge in [-0.25, -0.2) is 4.39 Å². The van der Waals surface area contributed by atoms with Gasteiger partial charge in [0, 0.05) is 44.8 Å². The number of nitrogens with zero attached hydrogens (tertiary/aromatic N) is 5. The topological polar surface area (TPSA) is 54.3 Å². The monoisotopic (exact) mass is 597 g/mol. The Hall–Kier alpha value is -3.07. The van der Waals surface area contributed by atoms with Gasteiger partial charge in [0.15, 0.2) is 5.16 Å². The molecule has 0 N–H and O–H groups in total.